The van der Waals surface area contributed by atoms with Gasteiger partial charge in [-0.2, -0.15) is 0 Å². The van der Waals surface area contributed by atoms with Gasteiger partial charge in [-0.25, -0.2) is 4.79 Å². The lowest BCUT2D eigenvalue weighted by Gasteiger charge is -2.17. The third-order valence-corrected chi connectivity index (χ3v) is 4.39. The van der Waals surface area contributed by atoms with Crippen LogP contribution in [0.3, 0.4) is 0 Å². The minimum absolute atomic E-state index is 0.308. The highest BCUT2D eigenvalue weighted by Gasteiger charge is 2.27. The Morgan fingerprint density at radius 2 is 1.44 bits per heavy atom. The summed E-state index contributed by atoms with van der Waals surface area (Å²) in [4.78, 5) is 36.7. The third kappa shape index (κ3) is 3.74. The molecule has 0 spiro atoms. The van der Waals surface area contributed by atoms with Crippen LogP contribution in [0.5, 0.6) is 0 Å². The highest BCUT2D eigenvalue weighted by molar-refractivity contribution is 6.18. The van der Waals surface area contributed by atoms with Gasteiger partial charge in [-0.05, 0) is 27.6 Å². The van der Waals surface area contributed by atoms with Gasteiger partial charge in [0, 0.05) is 0 Å². The van der Waals surface area contributed by atoms with E-state index in [0.29, 0.717) is 5.56 Å². The fraction of sp³-hybridized carbons (Fsp3) is 0.190. The Hall–Kier alpha value is -3.41. The number of ether oxygens (including phenoxy) is 2. The Labute approximate surface area is 156 Å². The van der Waals surface area contributed by atoms with E-state index in [2.05, 4.69) is 10.1 Å². The summed E-state index contributed by atoms with van der Waals surface area (Å²) < 4.78 is 9.31. The molecule has 1 N–H and O–H groups in total. The van der Waals surface area contributed by atoms with Crippen molar-refractivity contribution in [2.75, 3.05) is 14.2 Å². The van der Waals surface area contributed by atoms with Crippen LogP contribution in [0.1, 0.15) is 16.8 Å². The maximum Gasteiger partial charge on any atom is 0.328 e. The molecule has 3 aromatic rings. The summed E-state index contributed by atoms with van der Waals surface area (Å²) >= 11 is 0. The average Bonchev–Trinajstić information content (AvgIpc) is 2.70. The van der Waals surface area contributed by atoms with Gasteiger partial charge in [0.2, 0.25) is 0 Å². The summed E-state index contributed by atoms with van der Waals surface area (Å²) in [7, 11) is 2.42. The maximum atomic E-state index is 13.1. The quantitative estimate of drug-likeness (QED) is 0.555. The average molecular weight is 365 g/mol. The lowest BCUT2D eigenvalue weighted by molar-refractivity contribution is -0.149. The van der Waals surface area contributed by atoms with E-state index in [1.165, 1.54) is 14.2 Å². The number of fused-ring (bicyclic) bond motifs is 2. The molecular weight excluding hydrogens is 346 g/mol. The number of nitrogens with one attached hydrogen (secondary N) is 1. The van der Waals surface area contributed by atoms with Crippen molar-refractivity contribution in [3.8, 4) is 0 Å². The molecule has 0 bridgehead atoms. The van der Waals surface area contributed by atoms with E-state index < -0.39 is 23.9 Å². The largest absolute Gasteiger partial charge is 0.469 e. The van der Waals surface area contributed by atoms with Crippen molar-refractivity contribution in [1.82, 2.24) is 5.32 Å². The number of amides is 1. The van der Waals surface area contributed by atoms with Gasteiger partial charge in [0.25, 0.3) is 5.91 Å². The normalized spacial score (nSPS) is 11.8. The van der Waals surface area contributed by atoms with Crippen molar-refractivity contribution < 1.29 is 23.9 Å². The summed E-state index contributed by atoms with van der Waals surface area (Å²) in [6.45, 7) is 0. The van der Waals surface area contributed by atoms with Crippen LogP contribution in [0.15, 0.2) is 54.6 Å². The van der Waals surface area contributed by atoms with E-state index in [1.807, 2.05) is 54.6 Å². The molecule has 0 aliphatic carbocycles. The number of benzene rings is 3. The van der Waals surface area contributed by atoms with Crippen molar-refractivity contribution in [3.05, 3.63) is 60.2 Å². The van der Waals surface area contributed by atoms with Crippen LogP contribution in [0.2, 0.25) is 0 Å². The first-order valence-corrected chi connectivity index (χ1v) is 8.41. The number of methoxy groups -OCH3 is 2. The Bertz CT molecular complexity index is 973. The first-order chi connectivity index (χ1) is 13.0. The molecule has 6 nitrogen and oxygen atoms in total. The number of carbonyl (C=O) groups excluding carboxylic acids is 3. The van der Waals surface area contributed by atoms with E-state index in [-0.39, 0.29) is 6.42 Å². The number of esters is 2. The summed E-state index contributed by atoms with van der Waals surface area (Å²) in [5, 5.41) is 5.95. The fourth-order valence-corrected chi connectivity index (χ4v) is 3.07. The molecule has 3 rings (SSSR count). The molecule has 1 atom stereocenters. The molecular formula is C21H19NO5. The number of hydrogen-bond acceptors (Lipinski definition) is 5. The van der Waals surface area contributed by atoms with E-state index in [4.69, 9.17) is 4.74 Å². The summed E-state index contributed by atoms with van der Waals surface area (Å²) in [6.07, 6.45) is -0.308. The summed E-state index contributed by atoms with van der Waals surface area (Å²) in [5.41, 5.74) is 0.447. The van der Waals surface area contributed by atoms with Crippen molar-refractivity contribution in [2.24, 2.45) is 0 Å². The Morgan fingerprint density at radius 1 is 0.889 bits per heavy atom. The minimum Gasteiger partial charge on any atom is -0.469 e. The van der Waals surface area contributed by atoms with Crippen LogP contribution < -0.4 is 5.32 Å². The standard InChI is InChI=1S/C21H19NO5/c1-26-18(23)12-17(21(25)27-2)22-20(24)19-15-9-5-3-7-13(15)11-14-8-4-6-10-16(14)19/h3-11,17H,12H2,1-2H3,(H,22,24)/t17-/m0/s1. The maximum absolute atomic E-state index is 13.1. The fourth-order valence-electron chi connectivity index (χ4n) is 3.07. The molecule has 0 fully saturated rings. The molecule has 0 aliphatic heterocycles. The first kappa shape index (κ1) is 18.4. The number of carbonyl (C=O) groups is 3. The molecule has 1 amide bonds. The van der Waals surface area contributed by atoms with Crippen molar-refractivity contribution in [1.29, 1.82) is 0 Å². The predicted molar refractivity (Wildman–Crippen MR) is 101 cm³/mol. The molecule has 138 valence electrons. The Morgan fingerprint density at radius 3 is 1.96 bits per heavy atom. The number of hydrogen-bond donors (Lipinski definition) is 1. The first-order valence-electron chi connectivity index (χ1n) is 8.41. The van der Waals surface area contributed by atoms with Crippen molar-refractivity contribution in [2.45, 2.75) is 12.5 Å². The molecule has 0 saturated heterocycles. The van der Waals surface area contributed by atoms with E-state index in [1.54, 1.807) is 0 Å². The van der Waals surface area contributed by atoms with Gasteiger partial charge in [-0.1, -0.05) is 48.5 Å². The summed E-state index contributed by atoms with van der Waals surface area (Å²) in [5.74, 6) is -1.78. The second-order valence-electron chi connectivity index (χ2n) is 6.02. The Balaban J connectivity index is 2.07. The second kappa shape index (κ2) is 7.86. The van der Waals surface area contributed by atoms with E-state index in [9.17, 15) is 14.4 Å². The van der Waals surface area contributed by atoms with Crippen LogP contribution in [0.25, 0.3) is 21.5 Å². The minimum atomic E-state index is -1.13. The van der Waals surface area contributed by atoms with E-state index in [0.717, 1.165) is 21.5 Å². The van der Waals surface area contributed by atoms with Gasteiger partial charge in [-0.15, -0.1) is 0 Å². The lowest BCUT2D eigenvalue weighted by atomic mass is 9.96. The zero-order valence-electron chi connectivity index (χ0n) is 15.0. The molecule has 0 radical (unpaired) electrons. The second-order valence-corrected chi connectivity index (χ2v) is 6.02. The zero-order valence-corrected chi connectivity index (χ0v) is 15.0. The van der Waals surface area contributed by atoms with Crippen LogP contribution in [0.4, 0.5) is 0 Å². The van der Waals surface area contributed by atoms with Crippen LogP contribution >= 0.6 is 0 Å². The molecule has 27 heavy (non-hydrogen) atoms. The lowest BCUT2D eigenvalue weighted by Crippen LogP contribution is -2.43. The molecule has 0 saturated carbocycles. The van der Waals surface area contributed by atoms with Crippen molar-refractivity contribution >= 4 is 39.4 Å². The van der Waals surface area contributed by atoms with Crippen LogP contribution in [0, 0.1) is 0 Å². The predicted octanol–water partition coefficient (Wildman–Crippen LogP) is 2.83. The molecule has 6 heteroatoms. The van der Waals surface area contributed by atoms with Crippen LogP contribution in [-0.2, 0) is 19.1 Å². The smallest absolute Gasteiger partial charge is 0.328 e. The SMILES string of the molecule is COC(=O)C[C@H](NC(=O)c1c2ccccc2cc2ccccc12)C(=O)OC. The molecule has 0 aromatic heterocycles. The van der Waals surface area contributed by atoms with Gasteiger partial charge in [0.15, 0.2) is 0 Å². The topological polar surface area (TPSA) is 81.7 Å². The molecule has 0 heterocycles. The highest BCUT2D eigenvalue weighted by atomic mass is 16.5. The van der Waals surface area contributed by atoms with Gasteiger partial charge >= 0.3 is 11.9 Å². The van der Waals surface area contributed by atoms with Gasteiger partial charge in [0.05, 0.1) is 26.2 Å². The summed E-state index contributed by atoms with van der Waals surface area (Å²) in [6, 6.07) is 15.9. The molecule has 0 aliphatic rings. The molecule has 0 unspecified atom stereocenters. The van der Waals surface area contributed by atoms with Crippen LogP contribution in [-0.4, -0.2) is 38.1 Å². The zero-order chi connectivity index (χ0) is 19.4. The third-order valence-electron chi connectivity index (χ3n) is 4.39. The van der Waals surface area contributed by atoms with Crippen molar-refractivity contribution in [3.63, 3.8) is 0 Å². The van der Waals surface area contributed by atoms with Gasteiger partial charge < -0.3 is 14.8 Å². The Kier molecular flexibility index (Phi) is 5.35. The van der Waals surface area contributed by atoms with Gasteiger partial charge in [-0.3, -0.25) is 9.59 Å². The number of rotatable bonds is 5. The van der Waals surface area contributed by atoms with Gasteiger partial charge in [0.1, 0.15) is 6.04 Å². The molecule has 3 aromatic carbocycles. The monoisotopic (exact) mass is 365 g/mol. The highest BCUT2D eigenvalue weighted by Crippen LogP contribution is 2.28. The van der Waals surface area contributed by atoms with E-state index >= 15 is 0 Å².